The number of esters is 1. The van der Waals surface area contributed by atoms with Crippen LogP contribution in [-0.4, -0.2) is 25.1 Å². The van der Waals surface area contributed by atoms with Crippen molar-refractivity contribution >= 4 is 39.6 Å². The largest absolute Gasteiger partial charge is 0.481 e. The Morgan fingerprint density at radius 2 is 1.92 bits per heavy atom. The van der Waals surface area contributed by atoms with Crippen molar-refractivity contribution in [2.45, 2.75) is 6.92 Å². The summed E-state index contributed by atoms with van der Waals surface area (Å²) in [5, 5.41) is 2.64. The first kappa shape index (κ1) is 19.7. The second kappa shape index (κ2) is 9.72. The van der Waals surface area contributed by atoms with Crippen LogP contribution in [0.5, 0.6) is 5.75 Å². The molecule has 0 saturated heterocycles. The minimum Gasteiger partial charge on any atom is -0.481 e. The second-order valence-electron chi connectivity index (χ2n) is 5.12. The van der Waals surface area contributed by atoms with Crippen molar-refractivity contribution in [2.75, 3.05) is 18.5 Å². The zero-order valence-electron chi connectivity index (χ0n) is 14.0. The molecule has 0 bridgehead atoms. The van der Waals surface area contributed by atoms with Crippen LogP contribution in [0.2, 0.25) is 0 Å². The van der Waals surface area contributed by atoms with Crippen molar-refractivity contribution in [3.63, 3.8) is 0 Å². The molecule has 0 aliphatic carbocycles. The average molecular weight is 422 g/mol. The van der Waals surface area contributed by atoms with Gasteiger partial charge in [-0.25, -0.2) is 9.18 Å². The molecular weight excluding hydrogens is 405 g/mol. The molecule has 0 aliphatic heterocycles. The van der Waals surface area contributed by atoms with Crippen LogP contribution in [0.25, 0.3) is 6.08 Å². The van der Waals surface area contributed by atoms with E-state index in [9.17, 15) is 14.0 Å². The minimum atomic E-state index is -0.551. The molecule has 0 fully saturated rings. The number of carbonyl (C=O) groups excluding carboxylic acids is 2. The number of hydrogen-bond donors (Lipinski definition) is 1. The second-order valence-corrected chi connectivity index (χ2v) is 6.03. The maximum atomic E-state index is 13.6. The lowest BCUT2D eigenvalue weighted by Gasteiger charge is -2.08. The molecule has 1 N–H and O–H groups in total. The summed E-state index contributed by atoms with van der Waals surface area (Å²) in [4.78, 5) is 23.1. The zero-order chi connectivity index (χ0) is 18.9. The number of carbonyl (C=O) groups is 2. The van der Waals surface area contributed by atoms with E-state index >= 15 is 0 Å². The van der Waals surface area contributed by atoms with E-state index in [1.165, 1.54) is 18.2 Å². The van der Waals surface area contributed by atoms with Gasteiger partial charge in [0.2, 0.25) is 0 Å². The maximum absolute atomic E-state index is 13.6. The third kappa shape index (κ3) is 6.33. The SMILES string of the molecule is CCOC(=O)/C=C/c1ccc(NC(=O)COc2ccc(Br)cc2F)cc1. The molecule has 136 valence electrons. The Bertz CT molecular complexity index is 806. The Balaban J connectivity index is 1.86. The van der Waals surface area contributed by atoms with E-state index in [0.717, 1.165) is 5.56 Å². The predicted octanol–water partition coefficient (Wildman–Crippen LogP) is 4.18. The van der Waals surface area contributed by atoms with Gasteiger partial charge in [-0.2, -0.15) is 0 Å². The van der Waals surface area contributed by atoms with E-state index in [1.807, 2.05) is 0 Å². The summed E-state index contributed by atoms with van der Waals surface area (Å²) in [7, 11) is 0. The van der Waals surface area contributed by atoms with Crippen LogP contribution in [0.1, 0.15) is 12.5 Å². The third-order valence-electron chi connectivity index (χ3n) is 3.15. The van der Waals surface area contributed by atoms with Gasteiger partial charge in [-0.15, -0.1) is 0 Å². The van der Waals surface area contributed by atoms with Crippen molar-refractivity contribution in [1.82, 2.24) is 0 Å². The van der Waals surface area contributed by atoms with Crippen LogP contribution in [0.15, 0.2) is 53.0 Å². The number of halogens is 2. The van der Waals surface area contributed by atoms with Crippen LogP contribution in [0, 0.1) is 5.82 Å². The Morgan fingerprint density at radius 3 is 2.58 bits per heavy atom. The van der Waals surface area contributed by atoms with Gasteiger partial charge in [0.15, 0.2) is 18.2 Å². The summed E-state index contributed by atoms with van der Waals surface area (Å²) in [6, 6.07) is 11.2. The summed E-state index contributed by atoms with van der Waals surface area (Å²) >= 11 is 3.15. The molecule has 2 aromatic rings. The van der Waals surface area contributed by atoms with E-state index in [4.69, 9.17) is 9.47 Å². The van der Waals surface area contributed by atoms with Gasteiger partial charge in [-0.1, -0.05) is 28.1 Å². The van der Waals surface area contributed by atoms with Crippen LogP contribution in [0.3, 0.4) is 0 Å². The molecule has 0 heterocycles. The molecule has 2 aromatic carbocycles. The Morgan fingerprint density at radius 1 is 1.19 bits per heavy atom. The lowest BCUT2D eigenvalue weighted by Crippen LogP contribution is -2.20. The number of amides is 1. The van der Waals surface area contributed by atoms with Gasteiger partial charge in [-0.3, -0.25) is 4.79 Å². The fraction of sp³-hybridized carbons (Fsp3) is 0.158. The lowest BCUT2D eigenvalue weighted by molar-refractivity contribution is -0.137. The predicted molar refractivity (Wildman–Crippen MR) is 100 cm³/mol. The van der Waals surface area contributed by atoms with E-state index in [1.54, 1.807) is 43.3 Å². The molecular formula is C19H17BrFNO4. The Kier molecular flexibility index (Phi) is 7.35. The van der Waals surface area contributed by atoms with E-state index in [0.29, 0.717) is 16.8 Å². The summed E-state index contributed by atoms with van der Waals surface area (Å²) in [5.74, 6) is -1.38. The first-order valence-corrected chi connectivity index (χ1v) is 8.60. The Labute approximate surface area is 158 Å². The molecule has 2 rings (SSSR count). The standard InChI is InChI=1S/C19H17BrFNO4/c1-2-25-19(24)10-5-13-3-7-15(8-4-13)22-18(23)12-26-17-9-6-14(20)11-16(17)21/h3-11H,2,12H2,1H3,(H,22,23)/b10-5+. The van der Waals surface area contributed by atoms with Gasteiger partial charge in [0.1, 0.15) is 0 Å². The summed E-state index contributed by atoms with van der Waals surface area (Å²) < 4.78 is 24.2. The number of nitrogens with one attached hydrogen (secondary N) is 1. The number of anilines is 1. The molecule has 5 nitrogen and oxygen atoms in total. The minimum absolute atomic E-state index is 0.00259. The first-order valence-electron chi connectivity index (χ1n) is 7.80. The number of benzene rings is 2. The summed E-state index contributed by atoms with van der Waals surface area (Å²) in [6.07, 6.45) is 2.95. The first-order chi connectivity index (χ1) is 12.5. The highest BCUT2D eigenvalue weighted by Crippen LogP contribution is 2.21. The molecule has 0 atom stereocenters. The van der Waals surface area contributed by atoms with Crippen molar-refractivity contribution in [1.29, 1.82) is 0 Å². The van der Waals surface area contributed by atoms with Crippen LogP contribution < -0.4 is 10.1 Å². The average Bonchev–Trinajstić information content (AvgIpc) is 2.61. The molecule has 0 spiro atoms. The number of rotatable bonds is 7. The molecule has 0 aromatic heterocycles. The van der Waals surface area contributed by atoms with Gasteiger partial charge in [-0.05, 0) is 48.9 Å². The fourth-order valence-corrected chi connectivity index (χ4v) is 2.30. The van der Waals surface area contributed by atoms with Crippen LogP contribution >= 0.6 is 15.9 Å². The topological polar surface area (TPSA) is 64.6 Å². The third-order valence-corrected chi connectivity index (χ3v) is 3.64. The Hall–Kier alpha value is -2.67. The molecule has 0 unspecified atom stereocenters. The fourth-order valence-electron chi connectivity index (χ4n) is 1.96. The van der Waals surface area contributed by atoms with Gasteiger partial charge in [0, 0.05) is 16.2 Å². The molecule has 26 heavy (non-hydrogen) atoms. The van der Waals surface area contributed by atoms with E-state index in [-0.39, 0.29) is 12.4 Å². The van der Waals surface area contributed by atoms with E-state index < -0.39 is 17.7 Å². The van der Waals surface area contributed by atoms with Gasteiger partial charge >= 0.3 is 5.97 Å². The molecule has 7 heteroatoms. The quantitative estimate of drug-likeness (QED) is 0.537. The smallest absolute Gasteiger partial charge is 0.330 e. The van der Waals surface area contributed by atoms with Gasteiger partial charge < -0.3 is 14.8 Å². The normalized spacial score (nSPS) is 10.6. The maximum Gasteiger partial charge on any atom is 0.330 e. The van der Waals surface area contributed by atoms with Gasteiger partial charge in [0.25, 0.3) is 5.91 Å². The highest BCUT2D eigenvalue weighted by Gasteiger charge is 2.08. The highest BCUT2D eigenvalue weighted by molar-refractivity contribution is 9.10. The highest BCUT2D eigenvalue weighted by atomic mass is 79.9. The van der Waals surface area contributed by atoms with Crippen LogP contribution in [0.4, 0.5) is 10.1 Å². The summed E-state index contributed by atoms with van der Waals surface area (Å²) in [5.41, 5.74) is 1.34. The van der Waals surface area contributed by atoms with Crippen molar-refractivity contribution in [2.24, 2.45) is 0 Å². The van der Waals surface area contributed by atoms with Crippen molar-refractivity contribution < 1.29 is 23.5 Å². The van der Waals surface area contributed by atoms with Gasteiger partial charge in [0.05, 0.1) is 6.61 Å². The van der Waals surface area contributed by atoms with Crippen LogP contribution in [-0.2, 0) is 14.3 Å². The van der Waals surface area contributed by atoms with Crippen molar-refractivity contribution in [3.8, 4) is 5.75 Å². The monoisotopic (exact) mass is 421 g/mol. The number of ether oxygens (including phenoxy) is 2. The number of hydrogen-bond acceptors (Lipinski definition) is 4. The molecule has 1 amide bonds. The molecule has 0 radical (unpaired) electrons. The zero-order valence-corrected chi connectivity index (χ0v) is 15.6. The molecule has 0 saturated carbocycles. The summed E-state index contributed by atoms with van der Waals surface area (Å²) in [6.45, 7) is 1.74. The lowest BCUT2D eigenvalue weighted by atomic mass is 10.2. The van der Waals surface area contributed by atoms with E-state index in [2.05, 4.69) is 21.2 Å². The van der Waals surface area contributed by atoms with Crippen molar-refractivity contribution in [3.05, 3.63) is 64.4 Å². The molecule has 0 aliphatic rings.